The van der Waals surface area contributed by atoms with Gasteiger partial charge in [0, 0.05) is 72.2 Å². The Hall–Kier alpha value is -7.76. The number of anilines is 4. The molecule has 0 radical (unpaired) electrons. The van der Waals surface area contributed by atoms with Crippen molar-refractivity contribution in [2.24, 2.45) is 0 Å². The molecule has 2 aromatic heterocycles. The van der Waals surface area contributed by atoms with Crippen LogP contribution >= 0.6 is 0 Å². The topological polar surface area (TPSA) is 42.3 Å². The third-order valence-electron chi connectivity index (χ3n) is 18.2. The number of benzene rings is 9. The summed E-state index contributed by atoms with van der Waals surface area (Å²) < 4.78 is 9.50. The van der Waals surface area contributed by atoms with Crippen LogP contribution in [0.3, 0.4) is 0 Å². The molecule has 0 fully saturated rings. The summed E-state index contributed by atoms with van der Waals surface area (Å²) in [5.74, 6) is 2.03. The molecule has 5 nitrogen and oxygen atoms in total. The molecule has 0 saturated carbocycles. The van der Waals surface area contributed by atoms with Crippen molar-refractivity contribution in [3.8, 4) is 39.6 Å². The van der Waals surface area contributed by atoms with E-state index in [0.29, 0.717) is 11.5 Å². The standard InChI is InChI=1S/C79H77N4OSi.Pt/c1-75(2,3)52-39-40-80-71(46-52)83-67-36-26-33-63-72(67)73-64(79(63)61-31-19-23-37-69(61)85(14,15)70-38-24-20-32-62(70)79)48-58(49-68(73)83)84-57-30-25-29-56(47-57)81-65-34-21-22-35-66(65)82(13)74-59(50-27-17-16-18-28-50)44-55(78(10,11)12)45-60(74)51-41-53(76(4,5)6)43-54(42-51)77(7,8)9;/h16-46,48,81H,13H2,1-12,14-15H3;/q-3;. The van der Waals surface area contributed by atoms with E-state index in [2.05, 4.69) is 299 Å². The Labute approximate surface area is 525 Å². The predicted molar refractivity (Wildman–Crippen MR) is 361 cm³/mol. The fourth-order valence-electron chi connectivity index (χ4n) is 13.6. The van der Waals surface area contributed by atoms with E-state index in [1.165, 1.54) is 71.2 Å². The molecule has 1 N–H and O–H groups in total. The molecule has 0 amide bonds. The van der Waals surface area contributed by atoms with Gasteiger partial charge < -0.3 is 19.5 Å². The van der Waals surface area contributed by atoms with Crippen LogP contribution in [0.1, 0.15) is 128 Å². The zero-order valence-corrected chi connectivity index (χ0v) is 55.5. The number of nitrogens with one attached hydrogen (secondary N) is 1. The van der Waals surface area contributed by atoms with Gasteiger partial charge in [-0.3, -0.25) is 7.05 Å². The third kappa shape index (κ3) is 9.67. The fourth-order valence-corrected chi connectivity index (χ4v) is 16.8. The fraction of sp³-hybridized carbons (Fsp3) is 0.241. The maximum absolute atomic E-state index is 7.19. The van der Waals surface area contributed by atoms with Gasteiger partial charge in [0.25, 0.3) is 0 Å². The number of nitrogens with zero attached hydrogens (tertiary/aromatic N) is 3. The first kappa shape index (κ1) is 58.6. The van der Waals surface area contributed by atoms with Crippen molar-refractivity contribution in [3.63, 3.8) is 0 Å². The summed E-state index contributed by atoms with van der Waals surface area (Å²) in [6.45, 7) is 32.6. The summed E-state index contributed by atoms with van der Waals surface area (Å²) in [7, 11) is 2.84. The summed E-state index contributed by atoms with van der Waals surface area (Å²) in [6, 6.07) is 76.9. The Kier molecular flexibility index (Phi) is 14.3. The van der Waals surface area contributed by atoms with Crippen LogP contribution in [0.5, 0.6) is 11.5 Å². The quantitative estimate of drug-likeness (QED) is 0.116. The summed E-state index contributed by atoms with van der Waals surface area (Å²) in [4.78, 5) is 7.24. The van der Waals surface area contributed by atoms with Gasteiger partial charge >= 0.3 is 0 Å². The number of aromatic nitrogens is 2. The molecule has 0 unspecified atom stereocenters. The van der Waals surface area contributed by atoms with Gasteiger partial charge in [-0.2, -0.15) is 6.07 Å². The molecule has 0 saturated heterocycles. The summed E-state index contributed by atoms with van der Waals surface area (Å²) in [5, 5.41) is 9.16. The van der Waals surface area contributed by atoms with Crippen LogP contribution in [-0.4, -0.2) is 17.6 Å². The number of hydrogen-bond acceptors (Lipinski definition) is 4. The van der Waals surface area contributed by atoms with Gasteiger partial charge in [-0.05, 0) is 130 Å². The normalized spacial score (nSPS) is 14.1. The van der Waals surface area contributed by atoms with E-state index in [-0.39, 0.29) is 42.7 Å². The minimum Gasteiger partial charge on any atom is -0.509 e. The zero-order chi connectivity index (χ0) is 59.8. The molecule has 11 aromatic rings. The van der Waals surface area contributed by atoms with E-state index >= 15 is 0 Å². The van der Waals surface area contributed by atoms with E-state index in [0.717, 1.165) is 56.3 Å². The van der Waals surface area contributed by atoms with Crippen molar-refractivity contribution in [1.82, 2.24) is 9.55 Å². The van der Waals surface area contributed by atoms with Gasteiger partial charge in [0.2, 0.25) is 0 Å². The van der Waals surface area contributed by atoms with Gasteiger partial charge in [-0.25, -0.2) is 4.98 Å². The minimum absolute atomic E-state index is 0. The van der Waals surface area contributed by atoms with Crippen molar-refractivity contribution in [2.75, 3.05) is 10.2 Å². The van der Waals surface area contributed by atoms with Crippen LogP contribution in [-0.2, 0) is 48.1 Å². The van der Waals surface area contributed by atoms with E-state index in [1.807, 2.05) is 18.3 Å². The van der Waals surface area contributed by atoms with E-state index < -0.39 is 13.5 Å². The first-order valence-corrected chi connectivity index (χ1v) is 33.1. The number of para-hydroxylation sites is 2. The Morgan fingerprint density at radius 3 is 1.71 bits per heavy atom. The van der Waals surface area contributed by atoms with Crippen molar-refractivity contribution in [2.45, 2.75) is 123 Å². The number of ether oxygens (including phenoxy) is 1. The van der Waals surface area contributed by atoms with E-state index in [4.69, 9.17) is 16.8 Å². The average molecular weight is 1320 g/mol. The number of hydrogen-bond donors (Lipinski definition) is 1. The average Bonchev–Trinajstić information content (AvgIpc) is 1.46. The molecule has 9 aromatic carbocycles. The van der Waals surface area contributed by atoms with Gasteiger partial charge in [0.15, 0.2) is 0 Å². The zero-order valence-electron chi connectivity index (χ0n) is 52.2. The second-order valence-electron chi connectivity index (χ2n) is 28.4. The van der Waals surface area contributed by atoms with E-state index in [9.17, 15) is 0 Å². The molecule has 13 rings (SSSR count). The Balaban J connectivity index is 0.00000724. The summed E-state index contributed by atoms with van der Waals surface area (Å²) >= 11 is 0. The predicted octanol–water partition coefficient (Wildman–Crippen LogP) is 19.6. The van der Waals surface area contributed by atoms with E-state index in [1.54, 1.807) is 0 Å². The third-order valence-corrected chi connectivity index (χ3v) is 21.8. The van der Waals surface area contributed by atoms with Crippen molar-refractivity contribution >= 4 is 63.0 Å². The number of fused-ring (bicyclic) bond motifs is 6. The molecule has 0 bridgehead atoms. The molecule has 7 heteroatoms. The number of pyridine rings is 1. The van der Waals surface area contributed by atoms with Crippen LogP contribution in [0.25, 0.3) is 49.9 Å². The smallest absolute Gasteiger partial charge is 0.135 e. The van der Waals surface area contributed by atoms with Crippen LogP contribution in [0.2, 0.25) is 13.1 Å². The van der Waals surface area contributed by atoms with Crippen LogP contribution < -0.4 is 25.3 Å². The Bertz CT molecular complexity index is 4380. The molecule has 86 heavy (non-hydrogen) atoms. The van der Waals surface area contributed by atoms with Gasteiger partial charge in [0.05, 0.1) is 5.69 Å². The van der Waals surface area contributed by atoms with Crippen LogP contribution in [0.15, 0.2) is 194 Å². The van der Waals surface area contributed by atoms with Crippen molar-refractivity contribution in [1.29, 1.82) is 0 Å². The molecular weight excluding hydrogens is 1240 g/mol. The van der Waals surface area contributed by atoms with Gasteiger partial charge in [-0.1, -0.05) is 234 Å². The molecule has 436 valence electrons. The molecule has 1 aliphatic carbocycles. The Morgan fingerprint density at radius 1 is 0.512 bits per heavy atom. The minimum atomic E-state index is -2.14. The maximum atomic E-state index is 7.19. The molecule has 0 atom stereocenters. The molecular formula is C79H77N4OPtSi-3. The van der Waals surface area contributed by atoms with Crippen LogP contribution in [0.4, 0.5) is 22.7 Å². The molecule has 2 aliphatic rings. The molecule has 1 aliphatic heterocycles. The summed E-state index contributed by atoms with van der Waals surface area (Å²) in [6.07, 6.45) is 1.95. The monoisotopic (exact) mass is 1320 g/mol. The first-order chi connectivity index (χ1) is 40.3. The molecule has 1 spiro atoms. The van der Waals surface area contributed by atoms with Gasteiger partial charge in [-0.15, -0.1) is 35.9 Å². The first-order valence-electron chi connectivity index (χ1n) is 30.1. The van der Waals surface area contributed by atoms with Crippen LogP contribution in [0, 0.1) is 19.2 Å². The second-order valence-corrected chi connectivity index (χ2v) is 32.7. The SMILES string of the molecule is [CH2-]N(c1ccccc1Nc1[c-]c(Oc2[c-]c3c4c(c2)C2(c5ccccc5[Si](C)(C)c5ccccc52)c2cccc(c24)n3-c2cc(C(C)(C)C)ccn2)ccc1)c1c(-c2ccccc2)cc(C(C)(C)C)cc1-c1cc(C(C)(C)C)cc(C(C)(C)C)c1.[Pt]. The largest absolute Gasteiger partial charge is 0.509 e. The van der Waals surface area contributed by atoms with Crippen molar-refractivity contribution < 1.29 is 25.8 Å². The summed E-state index contributed by atoms with van der Waals surface area (Å²) in [5.41, 5.74) is 19.4. The van der Waals surface area contributed by atoms with Crippen molar-refractivity contribution in [3.05, 3.63) is 258 Å². The molecule has 3 heterocycles. The maximum Gasteiger partial charge on any atom is 0.135 e. The Morgan fingerprint density at radius 2 is 1.07 bits per heavy atom. The second kappa shape index (κ2) is 21.0. The number of rotatable bonds is 9. The van der Waals surface area contributed by atoms with Gasteiger partial charge in [0.1, 0.15) is 13.9 Å².